The second kappa shape index (κ2) is 11.0. The zero-order valence-corrected chi connectivity index (χ0v) is 18.0. The molecule has 1 saturated heterocycles. The number of nitrogens with one attached hydrogen (secondary N) is 1. The summed E-state index contributed by atoms with van der Waals surface area (Å²) >= 11 is 0. The van der Waals surface area contributed by atoms with Crippen molar-refractivity contribution < 1.29 is 14.3 Å². The van der Waals surface area contributed by atoms with E-state index < -0.39 is 0 Å². The molecular weight excluding hydrogens is 376 g/mol. The standard InChI is InChI=1S/C25H32N2O3/c1-3-20-6-10-22(11-7-20)24(28)12-13-25(29)26-23(18-27-14-16-30-17-15-27)21-8-4-19(2)5-9-21/h4-11,23H,3,12-18H2,1-2H3,(H,26,29). The van der Waals surface area contributed by atoms with Gasteiger partial charge in [-0.25, -0.2) is 0 Å². The Hall–Kier alpha value is -2.50. The van der Waals surface area contributed by atoms with Crippen molar-refractivity contribution in [2.75, 3.05) is 32.8 Å². The second-order valence-corrected chi connectivity index (χ2v) is 7.92. The Kier molecular flexibility index (Phi) is 8.17. The maximum Gasteiger partial charge on any atom is 0.220 e. The number of nitrogens with zero attached hydrogens (tertiary/aromatic N) is 1. The predicted octanol–water partition coefficient (Wildman–Crippen LogP) is 3.71. The Morgan fingerprint density at radius 3 is 2.30 bits per heavy atom. The lowest BCUT2D eigenvalue weighted by molar-refractivity contribution is -0.122. The molecule has 30 heavy (non-hydrogen) atoms. The number of benzene rings is 2. The first-order valence-corrected chi connectivity index (χ1v) is 10.8. The van der Waals surface area contributed by atoms with Crippen molar-refractivity contribution in [3.05, 3.63) is 70.8 Å². The molecule has 0 aromatic heterocycles. The molecule has 2 aromatic carbocycles. The van der Waals surface area contributed by atoms with E-state index in [0.29, 0.717) is 5.56 Å². The van der Waals surface area contributed by atoms with E-state index in [1.165, 1.54) is 11.1 Å². The largest absolute Gasteiger partial charge is 0.379 e. The van der Waals surface area contributed by atoms with Crippen LogP contribution in [0.4, 0.5) is 0 Å². The highest BCUT2D eigenvalue weighted by Crippen LogP contribution is 2.17. The average molecular weight is 409 g/mol. The van der Waals surface area contributed by atoms with Crippen LogP contribution in [0.3, 0.4) is 0 Å². The highest BCUT2D eigenvalue weighted by Gasteiger charge is 2.20. The van der Waals surface area contributed by atoms with E-state index in [4.69, 9.17) is 4.74 Å². The van der Waals surface area contributed by atoms with Crippen molar-refractivity contribution in [2.24, 2.45) is 0 Å². The Morgan fingerprint density at radius 1 is 1.00 bits per heavy atom. The van der Waals surface area contributed by atoms with E-state index in [9.17, 15) is 9.59 Å². The first kappa shape index (κ1) is 22.2. The summed E-state index contributed by atoms with van der Waals surface area (Å²) in [6.45, 7) is 8.06. The molecule has 160 valence electrons. The van der Waals surface area contributed by atoms with Crippen LogP contribution in [-0.2, 0) is 16.0 Å². The predicted molar refractivity (Wildman–Crippen MR) is 119 cm³/mol. The number of Topliss-reactive ketones (excluding diaryl/α,β-unsaturated/α-hetero) is 1. The maximum atomic E-state index is 12.7. The lowest BCUT2D eigenvalue weighted by Gasteiger charge is -2.31. The Balaban J connectivity index is 1.58. The maximum absolute atomic E-state index is 12.7. The third-order valence-electron chi connectivity index (χ3n) is 5.62. The van der Waals surface area contributed by atoms with E-state index in [1.54, 1.807) is 0 Å². The number of amides is 1. The first-order valence-electron chi connectivity index (χ1n) is 10.8. The fourth-order valence-electron chi connectivity index (χ4n) is 3.64. The highest BCUT2D eigenvalue weighted by atomic mass is 16.5. The van der Waals surface area contributed by atoms with Crippen LogP contribution >= 0.6 is 0 Å². The number of aryl methyl sites for hydroxylation is 2. The summed E-state index contributed by atoms with van der Waals surface area (Å²) in [6, 6.07) is 15.8. The number of hydrogen-bond donors (Lipinski definition) is 1. The van der Waals surface area contributed by atoms with Crippen LogP contribution in [0, 0.1) is 6.92 Å². The minimum absolute atomic E-state index is 0.00729. The summed E-state index contributed by atoms with van der Waals surface area (Å²) in [4.78, 5) is 27.4. The van der Waals surface area contributed by atoms with Crippen LogP contribution in [0.5, 0.6) is 0 Å². The second-order valence-electron chi connectivity index (χ2n) is 7.92. The topological polar surface area (TPSA) is 58.6 Å². The van der Waals surface area contributed by atoms with Gasteiger partial charge in [-0.3, -0.25) is 14.5 Å². The smallest absolute Gasteiger partial charge is 0.220 e. The number of carbonyl (C=O) groups is 2. The van der Waals surface area contributed by atoms with Crippen molar-refractivity contribution in [2.45, 2.75) is 39.2 Å². The van der Waals surface area contributed by atoms with Gasteiger partial charge in [-0.1, -0.05) is 61.0 Å². The van der Waals surface area contributed by atoms with Gasteiger partial charge in [-0.15, -0.1) is 0 Å². The van der Waals surface area contributed by atoms with E-state index >= 15 is 0 Å². The molecule has 5 heteroatoms. The molecule has 0 spiro atoms. The summed E-state index contributed by atoms with van der Waals surface area (Å²) in [5, 5.41) is 3.15. The molecule has 1 unspecified atom stereocenters. The van der Waals surface area contributed by atoms with Crippen LogP contribution in [0.15, 0.2) is 48.5 Å². The molecule has 1 N–H and O–H groups in total. The quantitative estimate of drug-likeness (QED) is 0.643. The minimum Gasteiger partial charge on any atom is -0.379 e. The molecule has 0 saturated carbocycles. The molecule has 5 nitrogen and oxygen atoms in total. The molecule has 3 rings (SSSR count). The molecule has 0 bridgehead atoms. The lowest BCUT2D eigenvalue weighted by atomic mass is 10.0. The Bertz CT molecular complexity index is 824. The number of ether oxygens (including phenoxy) is 1. The molecule has 1 aliphatic heterocycles. The Labute approximate surface area is 179 Å². The molecule has 1 heterocycles. The molecule has 1 aliphatic rings. The van der Waals surface area contributed by atoms with E-state index in [-0.39, 0.29) is 30.6 Å². The summed E-state index contributed by atoms with van der Waals surface area (Å²) in [5.41, 5.74) is 4.15. The molecule has 1 fully saturated rings. The van der Waals surface area contributed by atoms with E-state index in [1.807, 2.05) is 24.3 Å². The normalized spacial score (nSPS) is 15.5. The Morgan fingerprint density at radius 2 is 1.67 bits per heavy atom. The third-order valence-corrected chi connectivity index (χ3v) is 5.62. The lowest BCUT2D eigenvalue weighted by Crippen LogP contribution is -2.43. The van der Waals surface area contributed by atoms with Gasteiger partial charge in [0.2, 0.25) is 5.91 Å². The monoisotopic (exact) mass is 408 g/mol. The number of morpholine rings is 1. The van der Waals surface area contributed by atoms with Gasteiger partial charge in [0.15, 0.2) is 5.78 Å². The van der Waals surface area contributed by atoms with Crippen LogP contribution in [0.25, 0.3) is 0 Å². The number of ketones is 1. The van der Waals surface area contributed by atoms with Crippen LogP contribution in [0.1, 0.15) is 52.9 Å². The van der Waals surface area contributed by atoms with Gasteiger partial charge in [0.1, 0.15) is 0 Å². The van der Waals surface area contributed by atoms with Crippen molar-refractivity contribution in [1.29, 1.82) is 0 Å². The van der Waals surface area contributed by atoms with Gasteiger partial charge in [0.25, 0.3) is 0 Å². The van der Waals surface area contributed by atoms with Gasteiger partial charge in [0, 0.05) is 38.0 Å². The van der Waals surface area contributed by atoms with Crippen LogP contribution in [-0.4, -0.2) is 49.4 Å². The highest BCUT2D eigenvalue weighted by molar-refractivity contribution is 5.98. The van der Waals surface area contributed by atoms with Gasteiger partial charge < -0.3 is 10.1 Å². The van der Waals surface area contributed by atoms with Crippen molar-refractivity contribution in [3.63, 3.8) is 0 Å². The zero-order chi connectivity index (χ0) is 21.3. The molecular formula is C25H32N2O3. The van der Waals surface area contributed by atoms with Gasteiger partial charge in [0.05, 0.1) is 19.3 Å². The molecule has 0 radical (unpaired) electrons. The number of hydrogen-bond acceptors (Lipinski definition) is 4. The van der Waals surface area contributed by atoms with E-state index in [0.717, 1.165) is 44.8 Å². The molecule has 2 aromatic rings. The summed E-state index contributed by atoms with van der Waals surface area (Å²) < 4.78 is 5.44. The van der Waals surface area contributed by atoms with Crippen molar-refractivity contribution in [1.82, 2.24) is 10.2 Å². The fraction of sp³-hybridized carbons (Fsp3) is 0.440. The van der Waals surface area contributed by atoms with Crippen LogP contribution in [0.2, 0.25) is 0 Å². The summed E-state index contributed by atoms with van der Waals surface area (Å²) in [6.07, 6.45) is 1.36. The molecule has 1 atom stereocenters. The van der Waals surface area contributed by atoms with Crippen molar-refractivity contribution in [3.8, 4) is 0 Å². The summed E-state index contributed by atoms with van der Waals surface area (Å²) in [7, 11) is 0. The van der Waals surface area contributed by atoms with Crippen LogP contribution < -0.4 is 5.32 Å². The molecule has 0 aliphatic carbocycles. The van der Waals surface area contributed by atoms with Crippen molar-refractivity contribution >= 4 is 11.7 Å². The summed E-state index contributed by atoms with van der Waals surface area (Å²) in [5.74, 6) is -0.0831. The number of carbonyl (C=O) groups excluding carboxylic acids is 2. The number of rotatable bonds is 9. The first-order chi connectivity index (χ1) is 14.5. The average Bonchev–Trinajstić information content (AvgIpc) is 2.78. The van der Waals surface area contributed by atoms with Gasteiger partial charge in [-0.2, -0.15) is 0 Å². The fourth-order valence-corrected chi connectivity index (χ4v) is 3.64. The van der Waals surface area contributed by atoms with Gasteiger partial charge >= 0.3 is 0 Å². The minimum atomic E-state index is -0.102. The van der Waals surface area contributed by atoms with E-state index in [2.05, 4.69) is 48.3 Å². The SMILES string of the molecule is CCc1ccc(C(=O)CCC(=O)NC(CN2CCOCC2)c2ccc(C)cc2)cc1. The molecule has 1 amide bonds. The van der Waals surface area contributed by atoms with Gasteiger partial charge in [-0.05, 0) is 24.5 Å². The third kappa shape index (κ3) is 6.51. The zero-order valence-electron chi connectivity index (χ0n) is 18.0.